The summed E-state index contributed by atoms with van der Waals surface area (Å²) in [6.07, 6.45) is -2.61. The van der Waals surface area contributed by atoms with E-state index in [1.165, 1.54) is 11.3 Å². The van der Waals surface area contributed by atoms with Gasteiger partial charge in [-0.15, -0.1) is 17.9 Å². The largest absolute Gasteiger partial charge is 0.416 e. The lowest BCUT2D eigenvalue weighted by molar-refractivity contribution is -0.137. The lowest BCUT2D eigenvalue weighted by Crippen LogP contribution is -2.12. The molecule has 0 saturated heterocycles. The van der Waals surface area contributed by atoms with Crippen LogP contribution in [-0.2, 0) is 12.7 Å². The number of amides is 1. The van der Waals surface area contributed by atoms with Gasteiger partial charge in [-0.25, -0.2) is 4.98 Å². The van der Waals surface area contributed by atoms with Crippen LogP contribution >= 0.6 is 11.3 Å². The van der Waals surface area contributed by atoms with Gasteiger partial charge in [-0.1, -0.05) is 6.08 Å². The predicted molar refractivity (Wildman–Crippen MR) is 105 cm³/mol. The molecule has 3 rings (SSSR count). The van der Waals surface area contributed by atoms with E-state index in [-0.39, 0.29) is 5.56 Å². The van der Waals surface area contributed by atoms with Crippen LogP contribution < -0.4 is 5.32 Å². The summed E-state index contributed by atoms with van der Waals surface area (Å²) < 4.78 is 40.0. The van der Waals surface area contributed by atoms with E-state index < -0.39 is 17.6 Å². The van der Waals surface area contributed by atoms with Crippen LogP contribution in [0.3, 0.4) is 0 Å². The highest BCUT2D eigenvalue weighted by molar-refractivity contribution is 7.14. The Morgan fingerprint density at radius 2 is 1.96 bits per heavy atom. The first-order valence-electron chi connectivity index (χ1n) is 8.43. The molecule has 1 aromatic carbocycles. The van der Waals surface area contributed by atoms with E-state index in [1.807, 2.05) is 31.4 Å². The van der Waals surface area contributed by atoms with Crippen LogP contribution in [0.15, 0.2) is 48.4 Å². The summed E-state index contributed by atoms with van der Waals surface area (Å²) in [4.78, 5) is 16.7. The maximum Gasteiger partial charge on any atom is 0.416 e. The van der Waals surface area contributed by atoms with Gasteiger partial charge in [0.2, 0.25) is 0 Å². The van der Waals surface area contributed by atoms with Gasteiger partial charge < -0.3 is 4.57 Å². The molecule has 0 saturated carbocycles. The number of carbonyl (C=O) groups excluding carboxylic acids is 1. The van der Waals surface area contributed by atoms with E-state index in [4.69, 9.17) is 0 Å². The van der Waals surface area contributed by atoms with E-state index in [0.717, 1.165) is 46.9 Å². The minimum absolute atomic E-state index is 0.133. The highest BCUT2D eigenvalue weighted by Gasteiger charge is 2.30. The zero-order valence-corrected chi connectivity index (χ0v) is 16.1. The molecule has 0 atom stereocenters. The second kappa shape index (κ2) is 7.63. The lowest BCUT2D eigenvalue weighted by atomic mass is 10.1. The molecule has 1 amide bonds. The molecule has 8 heteroatoms. The number of carbonyl (C=O) groups is 1. The Kier molecular flexibility index (Phi) is 5.42. The molecule has 0 bridgehead atoms. The minimum Gasteiger partial charge on any atom is -0.345 e. The van der Waals surface area contributed by atoms with Crippen LogP contribution in [0.2, 0.25) is 0 Å². The van der Waals surface area contributed by atoms with Gasteiger partial charge in [0.25, 0.3) is 5.91 Å². The molecular weight excluding hydrogens is 387 g/mol. The smallest absolute Gasteiger partial charge is 0.345 e. The number of anilines is 1. The van der Waals surface area contributed by atoms with Gasteiger partial charge >= 0.3 is 6.18 Å². The summed E-state index contributed by atoms with van der Waals surface area (Å²) in [5.41, 5.74) is 3.16. The van der Waals surface area contributed by atoms with Crippen LogP contribution in [0, 0.1) is 13.8 Å². The molecule has 28 heavy (non-hydrogen) atoms. The molecular formula is C20H18F3N3OS. The molecule has 2 aromatic heterocycles. The second-order valence-electron chi connectivity index (χ2n) is 6.25. The Balaban J connectivity index is 1.77. The molecule has 0 aliphatic carbocycles. The minimum atomic E-state index is -4.43. The van der Waals surface area contributed by atoms with Gasteiger partial charge in [-0.3, -0.25) is 10.1 Å². The molecule has 146 valence electrons. The van der Waals surface area contributed by atoms with Crippen LogP contribution in [-0.4, -0.2) is 15.5 Å². The van der Waals surface area contributed by atoms with Gasteiger partial charge in [0.1, 0.15) is 0 Å². The Hall–Kier alpha value is -2.87. The van der Waals surface area contributed by atoms with Gasteiger partial charge in [-0.2, -0.15) is 13.2 Å². The zero-order valence-electron chi connectivity index (χ0n) is 15.3. The maximum absolute atomic E-state index is 12.6. The highest BCUT2D eigenvalue weighted by atomic mass is 32.1. The first kappa shape index (κ1) is 19.9. The van der Waals surface area contributed by atoms with E-state index in [1.54, 1.807) is 0 Å². The average molecular weight is 405 g/mol. The van der Waals surface area contributed by atoms with E-state index in [0.29, 0.717) is 11.7 Å². The van der Waals surface area contributed by atoms with Crippen LogP contribution in [0.1, 0.15) is 27.3 Å². The van der Waals surface area contributed by atoms with Crippen molar-refractivity contribution in [2.75, 3.05) is 5.32 Å². The number of hydrogen-bond acceptors (Lipinski definition) is 3. The van der Waals surface area contributed by atoms with Crippen LogP contribution in [0.5, 0.6) is 0 Å². The number of alkyl halides is 3. The Morgan fingerprint density at radius 3 is 2.57 bits per heavy atom. The number of aromatic nitrogens is 2. The van der Waals surface area contributed by atoms with E-state index >= 15 is 0 Å². The average Bonchev–Trinajstić information content (AvgIpc) is 3.21. The van der Waals surface area contributed by atoms with E-state index in [2.05, 4.69) is 21.4 Å². The summed E-state index contributed by atoms with van der Waals surface area (Å²) in [5.74, 6) is -0.508. The van der Waals surface area contributed by atoms with Crippen molar-refractivity contribution in [3.8, 4) is 11.3 Å². The van der Waals surface area contributed by atoms with E-state index in [9.17, 15) is 18.0 Å². The first-order chi connectivity index (χ1) is 13.2. The zero-order chi connectivity index (χ0) is 20.5. The fraction of sp³-hybridized carbons (Fsp3) is 0.200. The topological polar surface area (TPSA) is 46.9 Å². The maximum atomic E-state index is 12.6. The number of benzene rings is 1. The molecule has 4 nitrogen and oxygen atoms in total. The third-order valence-electron chi connectivity index (χ3n) is 4.36. The number of halogens is 3. The van der Waals surface area contributed by atoms with Crippen molar-refractivity contribution in [2.24, 2.45) is 0 Å². The quantitative estimate of drug-likeness (QED) is 0.555. The number of thiazole rings is 1. The summed E-state index contributed by atoms with van der Waals surface area (Å²) in [6.45, 7) is 8.45. The fourth-order valence-corrected chi connectivity index (χ4v) is 3.61. The summed E-state index contributed by atoms with van der Waals surface area (Å²) >= 11 is 1.26. The summed E-state index contributed by atoms with van der Waals surface area (Å²) in [6, 6.07) is 6.09. The Morgan fingerprint density at radius 1 is 1.29 bits per heavy atom. The molecule has 0 spiro atoms. The van der Waals surface area contributed by atoms with Crippen molar-refractivity contribution >= 4 is 22.4 Å². The normalized spacial score (nSPS) is 11.5. The molecule has 0 unspecified atom stereocenters. The number of allylic oxidation sites excluding steroid dienone is 1. The highest BCUT2D eigenvalue weighted by Crippen LogP contribution is 2.31. The first-order valence-corrected chi connectivity index (χ1v) is 9.31. The number of rotatable bonds is 5. The molecule has 0 aliphatic heterocycles. The predicted octanol–water partition coefficient (Wildman–Crippen LogP) is 5.69. The SMILES string of the molecule is C=CCn1c(C)cc(-c2csc(NC(=O)c3ccc(C(F)(F)F)cc3)n2)c1C. The third kappa shape index (κ3) is 4.01. The van der Waals surface area contributed by atoms with Crippen molar-refractivity contribution < 1.29 is 18.0 Å². The molecule has 3 aromatic rings. The fourth-order valence-electron chi connectivity index (χ4n) is 2.91. The van der Waals surface area contributed by atoms with Crippen molar-refractivity contribution in [2.45, 2.75) is 26.6 Å². The number of nitrogens with one attached hydrogen (secondary N) is 1. The summed E-state index contributed by atoms with van der Waals surface area (Å²) in [5, 5.41) is 4.86. The third-order valence-corrected chi connectivity index (χ3v) is 5.12. The molecule has 2 heterocycles. The van der Waals surface area contributed by atoms with Crippen molar-refractivity contribution in [1.29, 1.82) is 0 Å². The van der Waals surface area contributed by atoms with Crippen LogP contribution in [0.25, 0.3) is 11.3 Å². The standard InChI is InChI=1S/C20H18F3N3OS/c1-4-9-26-12(2)10-16(13(26)3)17-11-28-19(24-17)25-18(27)14-5-7-15(8-6-14)20(21,22)23/h4-8,10-11H,1,9H2,2-3H3,(H,24,25,27). The van der Waals surface area contributed by atoms with Crippen molar-refractivity contribution in [3.05, 3.63) is 70.9 Å². The summed E-state index contributed by atoms with van der Waals surface area (Å²) in [7, 11) is 0. The Bertz CT molecular complexity index is 1020. The van der Waals surface area contributed by atoms with Gasteiger partial charge in [0.05, 0.1) is 11.3 Å². The lowest BCUT2D eigenvalue weighted by Gasteiger charge is -2.07. The molecule has 0 radical (unpaired) electrons. The second-order valence-corrected chi connectivity index (χ2v) is 7.11. The number of aryl methyl sites for hydroxylation is 1. The number of nitrogens with zero attached hydrogens (tertiary/aromatic N) is 2. The number of hydrogen-bond donors (Lipinski definition) is 1. The monoisotopic (exact) mass is 405 g/mol. The van der Waals surface area contributed by atoms with Crippen LogP contribution in [0.4, 0.5) is 18.3 Å². The van der Waals surface area contributed by atoms with Crippen molar-refractivity contribution in [3.63, 3.8) is 0 Å². The molecule has 1 N–H and O–H groups in total. The Labute approximate surface area is 164 Å². The van der Waals surface area contributed by atoms with Crippen molar-refractivity contribution in [1.82, 2.24) is 9.55 Å². The molecule has 0 fully saturated rings. The van der Waals surface area contributed by atoms with Gasteiger partial charge in [-0.05, 0) is 44.2 Å². The molecule has 0 aliphatic rings. The van der Waals surface area contributed by atoms with Gasteiger partial charge in [0.15, 0.2) is 5.13 Å². The van der Waals surface area contributed by atoms with Gasteiger partial charge in [0, 0.05) is 34.4 Å².